The summed E-state index contributed by atoms with van der Waals surface area (Å²) in [6.45, 7) is 6.56. The first kappa shape index (κ1) is 52.7. The number of anilines is 8. The maximum absolute atomic E-state index is 13.1. The molecule has 0 aliphatic carbocycles. The lowest BCUT2D eigenvalue weighted by Gasteiger charge is -2.13. The fourth-order valence-corrected chi connectivity index (χ4v) is 6.75. The molecule has 8 aromatic rings. The molecule has 0 radical (unpaired) electrons. The van der Waals surface area contributed by atoms with Crippen molar-refractivity contribution in [1.29, 1.82) is 0 Å². The Morgan fingerprint density at radius 1 is 0.534 bits per heavy atom. The predicted molar refractivity (Wildman–Crippen MR) is 288 cm³/mol. The van der Waals surface area contributed by atoms with E-state index in [2.05, 4.69) is 59.7 Å². The first-order valence-corrected chi connectivity index (χ1v) is 22.7. The van der Waals surface area contributed by atoms with Gasteiger partial charge >= 0.3 is 0 Å². The number of nitrogens with two attached hydrogens (primary N) is 1. The van der Waals surface area contributed by atoms with Gasteiger partial charge in [0.25, 0.3) is 11.8 Å². The minimum atomic E-state index is -0.509. The standard InChI is InChI=1S/C28H25N5O3.C25H23N5O2.C3H3ClO/c1-3-26(34)30-21-12-7-9-19(15-21)16-25-24(27(35)31-20-10-5-4-6-11-20)18-29-28(33-25)32-22-13-8-14-23(17-22)36-2;1-32-21-12-6-11-20(15-21)29-25-27-16-22(24(31)28-19-9-3-2-4-10-19)23(30-25)14-17-7-5-8-18(26)13-17;1-2-3(4)5/h3-15,17-18H,1,16H2,2H3,(H,30,34)(H,31,35)(H,29,32,33);2-13,15-16H,14,26H2,1H3,(H,28,31)(H,27,29,30);2H,1H2. The number of rotatable bonds is 17. The number of nitrogen functional groups attached to an aromatic ring is 1. The molecule has 0 unspecified atom stereocenters. The Hall–Kier alpha value is -9.67. The molecule has 0 atom stereocenters. The molecule has 368 valence electrons. The average Bonchev–Trinajstić information content (AvgIpc) is 3.40. The molecule has 0 aliphatic rings. The van der Waals surface area contributed by atoms with Crippen molar-refractivity contribution in [2.75, 3.05) is 46.5 Å². The van der Waals surface area contributed by atoms with Crippen LogP contribution in [0.5, 0.6) is 11.5 Å². The van der Waals surface area contributed by atoms with Crippen LogP contribution in [0, 0.1) is 0 Å². The number of carbonyl (C=O) groups is 4. The first-order valence-electron chi connectivity index (χ1n) is 22.4. The number of nitrogens with one attached hydrogen (secondary N) is 5. The molecule has 3 amide bonds. The van der Waals surface area contributed by atoms with Crippen LogP contribution in [-0.4, -0.2) is 57.1 Å². The number of allylic oxidation sites excluding steroid dienone is 1. The van der Waals surface area contributed by atoms with Crippen molar-refractivity contribution in [3.63, 3.8) is 0 Å². The molecule has 0 saturated carbocycles. The third-order valence-corrected chi connectivity index (χ3v) is 10.3. The summed E-state index contributed by atoms with van der Waals surface area (Å²) >= 11 is 4.71. The summed E-state index contributed by atoms with van der Waals surface area (Å²) in [5, 5.41) is 14.4. The SMILES string of the molecule is C=CC(=O)Cl.C=CC(=O)Nc1cccc(Cc2nc(Nc3cccc(OC)c3)ncc2C(=O)Nc2ccccc2)c1.COc1cccc(Nc2ncc(C(=O)Nc3ccccc3)c(Cc3cccc(N)c3)n2)c1. The molecule has 2 heterocycles. The highest BCUT2D eigenvalue weighted by atomic mass is 35.5. The number of halogens is 1. The highest BCUT2D eigenvalue weighted by molar-refractivity contribution is 6.66. The predicted octanol–water partition coefficient (Wildman–Crippen LogP) is 10.8. The number of benzene rings is 6. The fraction of sp³-hybridized carbons (Fsp3) is 0.0714. The van der Waals surface area contributed by atoms with Gasteiger partial charge in [-0.25, -0.2) is 19.9 Å². The van der Waals surface area contributed by atoms with Gasteiger partial charge in [0, 0.05) is 71.5 Å². The lowest BCUT2D eigenvalue weighted by atomic mass is 10.0. The Morgan fingerprint density at radius 3 is 1.40 bits per heavy atom. The number of nitrogens with zero attached hydrogens (tertiary/aromatic N) is 4. The van der Waals surface area contributed by atoms with Gasteiger partial charge in [-0.2, -0.15) is 0 Å². The summed E-state index contributed by atoms with van der Waals surface area (Å²) in [5.41, 5.74) is 13.8. The van der Waals surface area contributed by atoms with Gasteiger partial charge in [-0.15, -0.1) is 0 Å². The van der Waals surface area contributed by atoms with Crippen molar-refractivity contribution in [1.82, 2.24) is 19.9 Å². The minimum absolute atomic E-state index is 0.275. The van der Waals surface area contributed by atoms with Crippen LogP contribution in [-0.2, 0) is 22.4 Å². The zero-order valence-electron chi connectivity index (χ0n) is 39.8. The van der Waals surface area contributed by atoms with Crippen LogP contribution in [0.1, 0.15) is 43.2 Å². The fourth-order valence-electron chi connectivity index (χ4n) is 6.75. The van der Waals surface area contributed by atoms with E-state index in [0.29, 0.717) is 81.5 Å². The highest BCUT2D eigenvalue weighted by Gasteiger charge is 2.18. The lowest BCUT2D eigenvalue weighted by molar-refractivity contribution is -0.112. The molecule has 0 bridgehead atoms. The van der Waals surface area contributed by atoms with Gasteiger partial charge < -0.3 is 41.8 Å². The van der Waals surface area contributed by atoms with Crippen molar-refractivity contribution in [2.24, 2.45) is 0 Å². The molecule has 16 nitrogen and oxygen atoms in total. The van der Waals surface area contributed by atoms with Gasteiger partial charge in [0.2, 0.25) is 23.0 Å². The molecule has 8 rings (SSSR count). The summed E-state index contributed by atoms with van der Waals surface area (Å²) in [6, 6.07) is 48.2. The van der Waals surface area contributed by atoms with E-state index in [0.717, 1.165) is 28.6 Å². The number of amides is 3. The molecule has 6 aromatic carbocycles. The number of methoxy groups -OCH3 is 2. The second-order valence-electron chi connectivity index (χ2n) is 15.5. The van der Waals surface area contributed by atoms with Crippen LogP contribution >= 0.6 is 11.6 Å². The molecule has 0 spiro atoms. The van der Waals surface area contributed by atoms with Crippen LogP contribution in [0.3, 0.4) is 0 Å². The number of carbonyl (C=O) groups excluding carboxylic acids is 4. The van der Waals surface area contributed by atoms with E-state index in [1.807, 2.05) is 152 Å². The maximum Gasteiger partial charge on any atom is 0.259 e. The Morgan fingerprint density at radius 2 is 0.959 bits per heavy atom. The van der Waals surface area contributed by atoms with E-state index < -0.39 is 5.24 Å². The number of hydrogen-bond donors (Lipinski definition) is 6. The molecule has 7 N–H and O–H groups in total. The molecule has 0 fully saturated rings. The quantitative estimate of drug-likeness (QED) is 0.0284. The third-order valence-electron chi connectivity index (χ3n) is 10.2. The second kappa shape index (κ2) is 26.9. The molecule has 0 saturated heterocycles. The lowest BCUT2D eigenvalue weighted by Crippen LogP contribution is -2.17. The number of hydrogen-bond acceptors (Lipinski definition) is 13. The molecular weight excluding hydrogens is 944 g/mol. The third kappa shape index (κ3) is 16.8. The van der Waals surface area contributed by atoms with Crippen LogP contribution in [0.2, 0.25) is 0 Å². The molecule has 2 aromatic heterocycles. The van der Waals surface area contributed by atoms with Crippen molar-refractivity contribution in [3.8, 4) is 11.5 Å². The summed E-state index contributed by atoms with van der Waals surface area (Å²) in [7, 11) is 3.21. The van der Waals surface area contributed by atoms with Gasteiger partial charge in [0.05, 0.1) is 36.7 Å². The van der Waals surface area contributed by atoms with E-state index in [1.165, 1.54) is 18.5 Å². The molecule has 0 aliphatic heterocycles. The Labute approximate surface area is 427 Å². The highest BCUT2D eigenvalue weighted by Crippen LogP contribution is 2.25. The summed E-state index contributed by atoms with van der Waals surface area (Å²) < 4.78 is 10.5. The maximum atomic E-state index is 13.1. The number of para-hydroxylation sites is 2. The van der Waals surface area contributed by atoms with Crippen LogP contribution in [0.15, 0.2) is 195 Å². The Balaban J connectivity index is 0.000000219. The first-order chi connectivity index (χ1) is 35.4. The van der Waals surface area contributed by atoms with Crippen molar-refractivity contribution >= 4 is 80.6 Å². The zero-order chi connectivity index (χ0) is 52.0. The van der Waals surface area contributed by atoms with E-state index in [9.17, 15) is 19.2 Å². The monoisotopic (exact) mass is 994 g/mol. The summed E-state index contributed by atoms with van der Waals surface area (Å²) in [5.74, 6) is 1.23. The van der Waals surface area contributed by atoms with E-state index in [-0.39, 0.29) is 17.7 Å². The van der Waals surface area contributed by atoms with Crippen LogP contribution in [0.25, 0.3) is 0 Å². The summed E-state index contributed by atoms with van der Waals surface area (Å²) in [4.78, 5) is 65.3. The minimum Gasteiger partial charge on any atom is -0.497 e. The largest absolute Gasteiger partial charge is 0.497 e. The smallest absolute Gasteiger partial charge is 0.259 e. The van der Waals surface area contributed by atoms with Gasteiger partial charge in [-0.1, -0.05) is 86.0 Å². The van der Waals surface area contributed by atoms with Gasteiger partial charge in [0.1, 0.15) is 11.5 Å². The molecule has 73 heavy (non-hydrogen) atoms. The normalized spacial score (nSPS) is 10.1. The van der Waals surface area contributed by atoms with E-state index >= 15 is 0 Å². The van der Waals surface area contributed by atoms with Crippen molar-refractivity contribution < 1.29 is 28.7 Å². The summed E-state index contributed by atoms with van der Waals surface area (Å²) in [6.07, 6.45) is 6.06. The van der Waals surface area contributed by atoms with Gasteiger partial charge in [0.15, 0.2) is 0 Å². The Kier molecular flexibility index (Phi) is 19.4. The molecular formula is C56H51ClN10O6. The van der Waals surface area contributed by atoms with E-state index in [4.69, 9.17) is 26.8 Å². The average molecular weight is 996 g/mol. The van der Waals surface area contributed by atoms with Crippen molar-refractivity contribution in [3.05, 3.63) is 229 Å². The molecule has 17 heteroatoms. The number of aromatic nitrogens is 4. The van der Waals surface area contributed by atoms with Gasteiger partial charge in [-0.3, -0.25) is 19.2 Å². The van der Waals surface area contributed by atoms with Crippen molar-refractivity contribution in [2.45, 2.75) is 12.8 Å². The van der Waals surface area contributed by atoms with Crippen LogP contribution < -0.4 is 41.8 Å². The second-order valence-corrected chi connectivity index (χ2v) is 15.8. The Bertz CT molecular complexity index is 3200. The zero-order valence-corrected chi connectivity index (χ0v) is 40.6. The van der Waals surface area contributed by atoms with Crippen LogP contribution in [0.4, 0.5) is 46.0 Å². The van der Waals surface area contributed by atoms with Gasteiger partial charge in [-0.05, 0) is 108 Å². The topological polar surface area (TPSA) is 224 Å². The number of ether oxygens (including phenoxy) is 2. The van der Waals surface area contributed by atoms with E-state index in [1.54, 1.807) is 20.3 Å².